The Kier molecular flexibility index (Phi) is 9.28. The molecule has 1 aliphatic heterocycles. The zero-order valence-corrected chi connectivity index (χ0v) is 28.1. The summed E-state index contributed by atoms with van der Waals surface area (Å²) in [7, 11) is -1.90. The van der Waals surface area contributed by atoms with Crippen LogP contribution >= 0.6 is 23.2 Å². The lowest BCUT2D eigenvalue weighted by atomic mass is 9.92. The molecule has 0 saturated carbocycles. The number of nitrogens with one attached hydrogen (secondary N) is 1. The fraction of sp³-hybridized carbons (Fsp3) is 0.171. The summed E-state index contributed by atoms with van der Waals surface area (Å²) in [5, 5.41) is 3.77. The summed E-state index contributed by atoms with van der Waals surface area (Å²) in [6.45, 7) is 0.261. The average Bonchev–Trinajstić information content (AvgIpc) is 3.08. The lowest BCUT2D eigenvalue weighted by Gasteiger charge is -2.37. The Morgan fingerprint density at radius 1 is 0.979 bits per heavy atom. The number of nitrogens with zero attached hydrogens (tertiary/aromatic N) is 3. The summed E-state index contributed by atoms with van der Waals surface area (Å²) in [4.78, 5) is 35.0. The molecule has 0 aliphatic carbocycles. The van der Waals surface area contributed by atoms with Crippen molar-refractivity contribution in [3.05, 3.63) is 145 Å². The summed E-state index contributed by atoms with van der Waals surface area (Å²) in [5.41, 5.74) is 2.55. The molecule has 0 saturated heterocycles. The molecule has 48 heavy (non-hydrogen) atoms. The second kappa shape index (κ2) is 13.4. The monoisotopic (exact) mass is 706 g/mol. The number of hydrogen-bond donors (Lipinski definition) is 1. The first kappa shape index (κ1) is 33.2. The maximum atomic E-state index is 14.4. The van der Waals surface area contributed by atoms with Crippen molar-refractivity contribution in [2.45, 2.75) is 30.4 Å². The number of sulfone groups is 1. The first-order chi connectivity index (χ1) is 22.9. The Labute approximate surface area is 286 Å². The van der Waals surface area contributed by atoms with E-state index in [1.807, 2.05) is 24.3 Å². The van der Waals surface area contributed by atoms with Gasteiger partial charge in [-0.25, -0.2) is 22.4 Å². The van der Waals surface area contributed by atoms with Crippen LogP contribution in [0.4, 0.5) is 10.3 Å². The number of anilines is 1. The van der Waals surface area contributed by atoms with Crippen LogP contribution in [0, 0.1) is 5.82 Å². The van der Waals surface area contributed by atoms with E-state index >= 15 is 0 Å². The van der Waals surface area contributed by atoms with E-state index in [0.717, 1.165) is 11.8 Å². The van der Waals surface area contributed by atoms with Crippen LogP contribution in [0.2, 0.25) is 10.0 Å². The fourth-order valence-corrected chi connectivity index (χ4v) is 6.56. The van der Waals surface area contributed by atoms with E-state index in [4.69, 9.17) is 32.9 Å². The highest BCUT2D eigenvalue weighted by Gasteiger charge is 2.35. The fourth-order valence-electron chi connectivity index (χ4n) is 5.63. The van der Waals surface area contributed by atoms with Crippen LogP contribution in [0.3, 0.4) is 0 Å². The zero-order valence-electron chi connectivity index (χ0n) is 25.8. The van der Waals surface area contributed by atoms with E-state index in [-0.39, 0.29) is 40.3 Å². The maximum absolute atomic E-state index is 14.4. The van der Waals surface area contributed by atoms with Gasteiger partial charge >= 0.3 is 0 Å². The number of aromatic nitrogens is 2. The largest absolute Gasteiger partial charge is 0.497 e. The molecule has 0 bridgehead atoms. The van der Waals surface area contributed by atoms with E-state index < -0.39 is 27.3 Å². The van der Waals surface area contributed by atoms with E-state index in [9.17, 15) is 22.4 Å². The van der Waals surface area contributed by atoms with Crippen LogP contribution in [-0.4, -0.2) is 42.1 Å². The molecule has 0 fully saturated rings. The van der Waals surface area contributed by atoms with Crippen molar-refractivity contribution in [3.63, 3.8) is 0 Å². The molecule has 1 aliphatic rings. The number of fused-ring (bicyclic) bond motifs is 1. The summed E-state index contributed by atoms with van der Waals surface area (Å²) in [6, 6.07) is 23.1. The summed E-state index contributed by atoms with van der Waals surface area (Å²) < 4.78 is 44.9. The molecule has 1 atom stereocenters. The maximum Gasteiger partial charge on any atom is 0.263 e. The molecule has 0 radical (unpaired) electrons. The van der Waals surface area contributed by atoms with E-state index in [1.54, 1.807) is 42.3 Å². The molecule has 1 unspecified atom stereocenters. The van der Waals surface area contributed by atoms with E-state index in [0.29, 0.717) is 39.8 Å². The number of halogens is 3. The summed E-state index contributed by atoms with van der Waals surface area (Å²) in [6.07, 6.45) is 1.19. The van der Waals surface area contributed by atoms with Crippen molar-refractivity contribution >= 4 is 44.9 Å². The van der Waals surface area contributed by atoms with Crippen LogP contribution in [0.15, 0.2) is 101 Å². The molecule has 1 amide bonds. The third-order valence-corrected chi connectivity index (χ3v) is 10.0. The van der Waals surface area contributed by atoms with Crippen LogP contribution in [-0.2, 0) is 29.3 Å². The van der Waals surface area contributed by atoms with Gasteiger partial charge in [0.25, 0.3) is 11.5 Å². The second-order valence-electron chi connectivity index (χ2n) is 11.3. The van der Waals surface area contributed by atoms with Crippen molar-refractivity contribution in [2.24, 2.45) is 0 Å². The molecule has 6 rings (SSSR count). The average molecular weight is 708 g/mol. The highest BCUT2D eigenvalue weighted by atomic mass is 35.5. The Balaban J connectivity index is 1.47. The molecule has 1 N–H and O–H groups in total. The SMILES string of the molecule is COc1ccc(CNc2nc3c(c(=O)n2-c2ccc(S(C)(=O)=O)cc2)CC(c2ccc(F)cc2)N(C(=O)c2ccc(Cl)c(Cl)c2)C3)cc1. The van der Waals surface area contributed by atoms with Crippen molar-refractivity contribution in [1.29, 1.82) is 0 Å². The van der Waals surface area contributed by atoms with Crippen LogP contribution in [0.1, 0.15) is 38.8 Å². The van der Waals surface area contributed by atoms with Crippen molar-refractivity contribution in [1.82, 2.24) is 14.5 Å². The number of amides is 1. The molecular formula is C35H29Cl2FN4O5S. The van der Waals surface area contributed by atoms with Crippen molar-refractivity contribution in [2.75, 3.05) is 18.7 Å². The molecule has 1 aromatic heterocycles. The number of carbonyl (C=O) groups is 1. The lowest BCUT2D eigenvalue weighted by Crippen LogP contribution is -2.43. The number of carbonyl (C=O) groups excluding carboxylic acids is 1. The normalized spacial score (nSPS) is 14.4. The predicted octanol–water partition coefficient (Wildman–Crippen LogP) is 6.64. The minimum Gasteiger partial charge on any atom is -0.497 e. The third kappa shape index (κ3) is 6.80. The highest BCUT2D eigenvalue weighted by molar-refractivity contribution is 7.90. The van der Waals surface area contributed by atoms with Gasteiger partial charge in [-0.05, 0) is 77.9 Å². The van der Waals surface area contributed by atoms with Gasteiger partial charge in [-0.3, -0.25) is 9.59 Å². The lowest BCUT2D eigenvalue weighted by molar-refractivity contribution is 0.0632. The molecule has 2 heterocycles. The van der Waals surface area contributed by atoms with Crippen molar-refractivity contribution < 1.29 is 22.3 Å². The van der Waals surface area contributed by atoms with Crippen LogP contribution in [0.5, 0.6) is 5.75 Å². The van der Waals surface area contributed by atoms with Gasteiger partial charge in [0, 0.05) is 30.3 Å². The van der Waals surface area contributed by atoms with Gasteiger partial charge in [0.15, 0.2) is 9.84 Å². The first-order valence-electron chi connectivity index (χ1n) is 14.8. The Morgan fingerprint density at radius 2 is 1.67 bits per heavy atom. The number of benzene rings is 4. The molecule has 4 aromatic carbocycles. The molecule has 5 aromatic rings. The second-order valence-corrected chi connectivity index (χ2v) is 14.1. The topological polar surface area (TPSA) is 111 Å². The summed E-state index contributed by atoms with van der Waals surface area (Å²) >= 11 is 12.4. The van der Waals surface area contributed by atoms with Gasteiger partial charge in [-0.1, -0.05) is 47.5 Å². The van der Waals surface area contributed by atoms with Gasteiger partial charge < -0.3 is 15.0 Å². The minimum absolute atomic E-state index is 0.0310. The predicted molar refractivity (Wildman–Crippen MR) is 182 cm³/mol. The highest BCUT2D eigenvalue weighted by Crippen LogP contribution is 2.35. The third-order valence-electron chi connectivity index (χ3n) is 8.17. The van der Waals surface area contributed by atoms with Gasteiger partial charge in [0.05, 0.1) is 46.0 Å². The van der Waals surface area contributed by atoms with Gasteiger partial charge in [-0.15, -0.1) is 0 Å². The van der Waals surface area contributed by atoms with E-state index in [2.05, 4.69) is 5.32 Å². The van der Waals surface area contributed by atoms with Gasteiger partial charge in [0.2, 0.25) is 5.95 Å². The molecule has 13 heteroatoms. The van der Waals surface area contributed by atoms with Crippen LogP contribution < -0.4 is 15.6 Å². The zero-order chi connectivity index (χ0) is 34.2. The minimum atomic E-state index is -3.48. The quantitative estimate of drug-likeness (QED) is 0.193. The molecule has 246 valence electrons. The standard InChI is InChI=1S/C35H29Cl2FN4O5S/c1-47-26-12-3-21(4-13-26)19-39-35-40-31-20-41(33(43)23-7-16-29(36)30(37)17-23)32(22-5-8-24(38)9-6-22)18-28(31)34(44)42(35)25-10-14-27(15-11-25)48(2,45)46/h3-17,32H,18-20H2,1-2H3,(H,39,40). The number of ether oxygens (including phenoxy) is 1. The van der Waals surface area contributed by atoms with Gasteiger partial charge in [0.1, 0.15) is 11.6 Å². The van der Waals surface area contributed by atoms with E-state index in [1.165, 1.54) is 41.0 Å². The molecule has 0 spiro atoms. The number of rotatable bonds is 8. The molecular weight excluding hydrogens is 678 g/mol. The Hall–Kier alpha value is -4.71. The van der Waals surface area contributed by atoms with Crippen LogP contribution in [0.25, 0.3) is 5.69 Å². The smallest absolute Gasteiger partial charge is 0.263 e. The Morgan fingerprint density at radius 3 is 2.29 bits per heavy atom. The van der Waals surface area contributed by atoms with Crippen molar-refractivity contribution in [3.8, 4) is 11.4 Å². The summed E-state index contributed by atoms with van der Waals surface area (Å²) in [5.74, 6) is 0.0786. The first-order valence-corrected chi connectivity index (χ1v) is 17.4. The van der Waals surface area contributed by atoms with Gasteiger partial charge in [-0.2, -0.15) is 0 Å². The Bertz CT molecular complexity index is 2180. The number of methoxy groups -OCH3 is 1. The molecule has 9 nitrogen and oxygen atoms in total. The number of hydrogen-bond acceptors (Lipinski definition) is 7.